The fraction of sp³-hybridized carbons (Fsp3) is 0.579. The van der Waals surface area contributed by atoms with Crippen molar-refractivity contribution in [1.82, 2.24) is 15.1 Å². The van der Waals surface area contributed by atoms with E-state index in [0.717, 1.165) is 31.5 Å². The molecule has 0 spiro atoms. The van der Waals surface area contributed by atoms with Gasteiger partial charge in [0.25, 0.3) is 0 Å². The molecule has 0 aromatic heterocycles. The quantitative estimate of drug-likeness (QED) is 0.860. The molecule has 2 aliphatic heterocycles. The van der Waals surface area contributed by atoms with Crippen molar-refractivity contribution in [2.45, 2.75) is 19.4 Å². The summed E-state index contributed by atoms with van der Waals surface area (Å²) >= 11 is 0. The van der Waals surface area contributed by atoms with Gasteiger partial charge in [0.2, 0.25) is 11.8 Å². The first-order chi connectivity index (χ1) is 12.2. The molecular formula is C19H27N3O3. The van der Waals surface area contributed by atoms with Gasteiger partial charge in [-0.05, 0) is 31.5 Å². The van der Waals surface area contributed by atoms with Crippen LogP contribution in [0.3, 0.4) is 0 Å². The van der Waals surface area contributed by atoms with Gasteiger partial charge in [-0.15, -0.1) is 0 Å². The maximum atomic E-state index is 12.3. The lowest BCUT2D eigenvalue weighted by Gasteiger charge is -2.33. The summed E-state index contributed by atoms with van der Waals surface area (Å²) < 4.78 is 5.28. The SMILES string of the molecule is O=C(NCc1ccccc1)C1CCN(CC(=O)N2CCOCC2)CC1. The van der Waals surface area contributed by atoms with Crippen LogP contribution in [0.4, 0.5) is 0 Å². The minimum absolute atomic E-state index is 0.0541. The van der Waals surface area contributed by atoms with E-state index in [4.69, 9.17) is 4.74 Å². The Balaban J connectivity index is 1.37. The summed E-state index contributed by atoms with van der Waals surface area (Å²) in [6.45, 7) is 5.30. The number of carbonyl (C=O) groups is 2. The van der Waals surface area contributed by atoms with Crippen molar-refractivity contribution < 1.29 is 14.3 Å². The number of morpholine rings is 1. The van der Waals surface area contributed by atoms with Crippen LogP contribution in [-0.2, 0) is 20.9 Å². The standard InChI is InChI=1S/C19H27N3O3/c23-18(22-10-12-25-13-11-22)15-21-8-6-17(7-9-21)19(24)20-14-16-4-2-1-3-5-16/h1-5,17H,6-15H2,(H,20,24). The van der Waals surface area contributed by atoms with E-state index in [0.29, 0.717) is 39.4 Å². The predicted octanol–water partition coefficient (Wildman–Crippen LogP) is 0.874. The summed E-state index contributed by atoms with van der Waals surface area (Å²) in [6, 6.07) is 9.95. The Morgan fingerprint density at radius 2 is 1.72 bits per heavy atom. The summed E-state index contributed by atoms with van der Waals surface area (Å²) in [5.74, 6) is 0.358. The van der Waals surface area contributed by atoms with Crippen LogP contribution < -0.4 is 5.32 Å². The van der Waals surface area contributed by atoms with E-state index in [-0.39, 0.29) is 17.7 Å². The lowest BCUT2D eigenvalue weighted by molar-refractivity contribution is -0.137. The number of rotatable bonds is 5. The molecule has 0 saturated carbocycles. The fourth-order valence-corrected chi connectivity index (χ4v) is 3.39. The normalized spacial score (nSPS) is 19.6. The topological polar surface area (TPSA) is 61.9 Å². The minimum atomic E-state index is 0.0541. The molecule has 3 rings (SSSR count). The largest absolute Gasteiger partial charge is 0.378 e. The first kappa shape index (κ1) is 17.9. The molecule has 6 nitrogen and oxygen atoms in total. The van der Waals surface area contributed by atoms with Crippen LogP contribution in [0.2, 0.25) is 0 Å². The Kier molecular flexibility index (Phi) is 6.42. The molecule has 2 amide bonds. The third-order valence-corrected chi connectivity index (χ3v) is 4.99. The van der Waals surface area contributed by atoms with Gasteiger partial charge in [-0.1, -0.05) is 30.3 Å². The van der Waals surface area contributed by atoms with Crippen LogP contribution in [0.25, 0.3) is 0 Å². The second kappa shape index (κ2) is 8.97. The van der Waals surface area contributed by atoms with Gasteiger partial charge in [-0.3, -0.25) is 14.5 Å². The van der Waals surface area contributed by atoms with Crippen LogP contribution in [0.15, 0.2) is 30.3 Å². The van der Waals surface area contributed by atoms with Crippen molar-refractivity contribution in [3.63, 3.8) is 0 Å². The molecule has 0 unspecified atom stereocenters. The second-order valence-electron chi connectivity index (χ2n) is 6.75. The highest BCUT2D eigenvalue weighted by Gasteiger charge is 2.27. The first-order valence-electron chi connectivity index (χ1n) is 9.12. The average molecular weight is 345 g/mol. The Hall–Kier alpha value is -1.92. The number of amides is 2. The van der Waals surface area contributed by atoms with E-state index in [1.54, 1.807) is 0 Å². The van der Waals surface area contributed by atoms with Crippen molar-refractivity contribution >= 4 is 11.8 Å². The van der Waals surface area contributed by atoms with Gasteiger partial charge in [0.05, 0.1) is 19.8 Å². The van der Waals surface area contributed by atoms with Crippen molar-refractivity contribution in [1.29, 1.82) is 0 Å². The Morgan fingerprint density at radius 3 is 2.40 bits per heavy atom. The molecular weight excluding hydrogens is 318 g/mol. The lowest BCUT2D eigenvalue weighted by atomic mass is 9.96. The molecule has 25 heavy (non-hydrogen) atoms. The van der Waals surface area contributed by atoms with Crippen LogP contribution in [-0.4, -0.2) is 67.6 Å². The van der Waals surface area contributed by atoms with Gasteiger partial charge in [0.1, 0.15) is 0 Å². The number of likely N-dealkylation sites (tertiary alicyclic amines) is 1. The third kappa shape index (κ3) is 5.28. The molecule has 1 N–H and O–H groups in total. The number of benzene rings is 1. The summed E-state index contributed by atoms with van der Waals surface area (Å²) in [6.07, 6.45) is 1.63. The number of ether oxygens (including phenoxy) is 1. The molecule has 0 atom stereocenters. The maximum Gasteiger partial charge on any atom is 0.236 e. The molecule has 6 heteroatoms. The number of carbonyl (C=O) groups excluding carboxylic acids is 2. The van der Waals surface area contributed by atoms with E-state index in [2.05, 4.69) is 10.2 Å². The molecule has 2 saturated heterocycles. The third-order valence-electron chi connectivity index (χ3n) is 4.99. The molecule has 1 aromatic carbocycles. The van der Waals surface area contributed by atoms with Crippen molar-refractivity contribution in [2.24, 2.45) is 5.92 Å². The van der Waals surface area contributed by atoms with Gasteiger partial charge < -0.3 is 15.0 Å². The molecule has 136 valence electrons. The van der Waals surface area contributed by atoms with Gasteiger partial charge >= 0.3 is 0 Å². The second-order valence-corrected chi connectivity index (χ2v) is 6.75. The van der Waals surface area contributed by atoms with Crippen LogP contribution >= 0.6 is 0 Å². The van der Waals surface area contributed by atoms with Crippen molar-refractivity contribution in [2.75, 3.05) is 45.9 Å². The van der Waals surface area contributed by atoms with E-state index in [1.807, 2.05) is 35.2 Å². The number of nitrogens with zero attached hydrogens (tertiary/aromatic N) is 2. The Labute approximate surface area is 149 Å². The van der Waals surface area contributed by atoms with E-state index in [1.165, 1.54) is 0 Å². The van der Waals surface area contributed by atoms with Crippen LogP contribution in [0, 0.1) is 5.92 Å². The highest BCUT2D eigenvalue weighted by atomic mass is 16.5. The molecule has 1 aromatic rings. The van der Waals surface area contributed by atoms with Crippen molar-refractivity contribution in [3.05, 3.63) is 35.9 Å². The summed E-state index contributed by atoms with van der Waals surface area (Å²) in [4.78, 5) is 28.7. The molecule has 2 aliphatic rings. The lowest BCUT2D eigenvalue weighted by Crippen LogP contribution is -2.48. The minimum Gasteiger partial charge on any atom is -0.378 e. The van der Waals surface area contributed by atoms with Gasteiger partial charge in [0.15, 0.2) is 0 Å². The Bertz CT molecular complexity index is 565. The average Bonchev–Trinajstić information content (AvgIpc) is 2.68. The number of hydrogen-bond donors (Lipinski definition) is 1. The molecule has 2 fully saturated rings. The smallest absolute Gasteiger partial charge is 0.236 e. The molecule has 0 radical (unpaired) electrons. The molecule has 2 heterocycles. The van der Waals surface area contributed by atoms with E-state index >= 15 is 0 Å². The maximum absolute atomic E-state index is 12.3. The first-order valence-corrected chi connectivity index (χ1v) is 9.12. The number of hydrogen-bond acceptors (Lipinski definition) is 4. The highest BCUT2D eigenvalue weighted by molar-refractivity contribution is 5.79. The monoisotopic (exact) mass is 345 g/mol. The molecule has 0 aliphatic carbocycles. The van der Waals surface area contributed by atoms with Crippen LogP contribution in [0.5, 0.6) is 0 Å². The van der Waals surface area contributed by atoms with Gasteiger partial charge in [-0.25, -0.2) is 0 Å². The zero-order valence-corrected chi connectivity index (χ0v) is 14.7. The Morgan fingerprint density at radius 1 is 1.04 bits per heavy atom. The fourth-order valence-electron chi connectivity index (χ4n) is 3.39. The summed E-state index contributed by atoms with van der Waals surface area (Å²) in [5.41, 5.74) is 1.12. The zero-order valence-electron chi connectivity index (χ0n) is 14.7. The number of piperidine rings is 1. The van der Waals surface area contributed by atoms with Gasteiger partial charge in [-0.2, -0.15) is 0 Å². The zero-order chi connectivity index (χ0) is 17.5. The van der Waals surface area contributed by atoms with E-state index in [9.17, 15) is 9.59 Å². The highest BCUT2D eigenvalue weighted by Crippen LogP contribution is 2.17. The van der Waals surface area contributed by atoms with E-state index < -0.39 is 0 Å². The van der Waals surface area contributed by atoms with Crippen molar-refractivity contribution in [3.8, 4) is 0 Å². The van der Waals surface area contributed by atoms with Gasteiger partial charge in [0, 0.05) is 25.6 Å². The number of nitrogens with one attached hydrogen (secondary N) is 1. The summed E-state index contributed by atoms with van der Waals surface area (Å²) in [5, 5.41) is 3.03. The summed E-state index contributed by atoms with van der Waals surface area (Å²) in [7, 11) is 0. The van der Waals surface area contributed by atoms with Crippen LogP contribution in [0.1, 0.15) is 18.4 Å². The molecule has 0 bridgehead atoms. The predicted molar refractivity (Wildman–Crippen MR) is 94.9 cm³/mol.